The van der Waals surface area contributed by atoms with Crippen LogP contribution in [0, 0.1) is 0 Å². The van der Waals surface area contributed by atoms with E-state index in [4.69, 9.17) is 0 Å². The summed E-state index contributed by atoms with van der Waals surface area (Å²) >= 11 is 0. The Morgan fingerprint density at radius 1 is 1.15 bits per heavy atom. The van der Waals surface area contributed by atoms with Crippen molar-refractivity contribution in [1.29, 1.82) is 0 Å². The molecule has 0 spiro atoms. The summed E-state index contributed by atoms with van der Waals surface area (Å²) < 4.78 is 40.6. The molecule has 3 amide bonds. The van der Waals surface area contributed by atoms with E-state index in [1.807, 2.05) is 0 Å². The first-order chi connectivity index (χ1) is 12.3. The Balaban J connectivity index is 1.68. The van der Waals surface area contributed by atoms with Crippen LogP contribution < -0.4 is 20.3 Å². The van der Waals surface area contributed by atoms with E-state index in [2.05, 4.69) is 15.4 Å². The van der Waals surface area contributed by atoms with Gasteiger partial charge < -0.3 is 15.4 Å². The van der Waals surface area contributed by atoms with Crippen molar-refractivity contribution in [3.8, 4) is 5.75 Å². The minimum atomic E-state index is -4.81. The van der Waals surface area contributed by atoms with Crippen molar-refractivity contribution in [3.63, 3.8) is 0 Å². The normalized spacial score (nSPS) is 14.1. The third kappa shape index (κ3) is 4.24. The van der Waals surface area contributed by atoms with E-state index in [0.29, 0.717) is 24.3 Å². The highest BCUT2D eigenvalue weighted by Gasteiger charge is 2.31. The smallest absolute Gasteiger partial charge is 0.406 e. The summed E-state index contributed by atoms with van der Waals surface area (Å²) in [6, 6.07) is 11.1. The number of rotatable bonds is 4. The quantitative estimate of drug-likeness (QED) is 0.873. The van der Waals surface area contributed by atoms with Gasteiger partial charge >= 0.3 is 12.4 Å². The van der Waals surface area contributed by atoms with Crippen molar-refractivity contribution in [2.75, 3.05) is 23.3 Å². The highest BCUT2D eigenvalue weighted by Crippen LogP contribution is 2.25. The molecule has 0 unspecified atom stereocenters. The van der Waals surface area contributed by atoms with Gasteiger partial charge in [-0.2, -0.15) is 0 Å². The fourth-order valence-electron chi connectivity index (χ4n) is 2.48. The average Bonchev–Trinajstić information content (AvgIpc) is 3.00. The monoisotopic (exact) mass is 365 g/mol. The van der Waals surface area contributed by atoms with Crippen molar-refractivity contribution in [3.05, 3.63) is 54.1 Å². The molecule has 2 aromatic carbocycles. The molecule has 0 saturated carbocycles. The molecule has 1 heterocycles. The first-order valence-electron chi connectivity index (χ1n) is 7.64. The lowest BCUT2D eigenvalue weighted by atomic mass is 10.1. The minimum Gasteiger partial charge on any atom is -0.406 e. The Morgan fingerprint density at radius 2 is 1.88 bits per heavy atom. The molecule has 0 atom stereocenters. The Bertz CT molecular complexity index is 822. The highest BCUT2D eigenvalue weighted by molar-refractivity contribution is 6.04. The number of nitrogens with zero attached hydrogens (tertiary/aromatic N) is 1. The lowest BCUT2D eigenvalue weighted by Crippen LogP contribution is -2.27. The molecule has 0 radical (unpaired) electrons. The molecule has 1 aliphatic rings. The maximum atomic E-state index is 12.3. The number of alkyl halides is 3. The van der Waals surface area contributed by atoms with Crippen LogP contribution in [0.4, 0.5) is 29.3 Å². The second-order valence-corrected chi connectivity index (χ2v) is 5.46. The van der Waals surface area contributed by atoms with Crippen molar-refractivity contribution in [2.45, 2.75) is 6.36 Å². The second-order valence-electron chi connectivity index (χ2n) is 5.46. The van der Waals surface area contributed by atoms with Gasteiger partial charge in [-0.25, -0.2) is 4.79 Å². The first kappa shape index (κ1) is 17.6. The van der Waals surface area contributed by atoms with Crippen molar-refractivity contribution >= 4 is 23.3 Å². The predicted molar refractivity (Wildman–Crippen MR) is 88.3 cm³/mol. The molecule has 2 aromatic rings. The van der Waals surface area contributed by atoms with E-state index < -0.39 is 18.0 Å². The van der Waals surface area contributed by atoms with Gasteiger partial charge in [0, 0.05) is 36.1 Å². The van der Waals surface area contributed by atoms with Crippen LogP contribution >= 0.6 is 0 Å². The summed E-state index contributed by atoms with van der Waals surface area (Å²) in [4.78, 5) is 25.4. The van der Waals surface area contributed by atoms with Crippen molar-refractivity contribution in [2.24, 2.45) is 0 Å². The number of hydrogen-bond acceptors (Lipinski definition) is 3. The van der Waals surface area contributed by atoms with Crippen LogP contribution in [0.5, 0.6) is 5.75 Å². The molecule has 2 N–H and O–H groups in total. The Morgan fingerprint density at radius 3 is 2.50 bits per heavy atom. The number of ether oxygens (including phenoxy) is 1. The SMILES string of the molecule is O=C(Nc1cccc(OC(F)(F)F)c1)c1ccc(N2CCNC2=O)cc1. The van der Waals surface area contributed by atoms with Gasteiger partial charge in [-0.05, 0) is 36.4 Å². The number of anilines is 2. The topological polar surface area (TPSA) is 70.7 Å². The molecule has 0 aliphatic carbocycles. The number of benzene rings is 2. The minimum absolute atomic E-state index is 0.166. The van der Waals surface area contributed by atoms with E-state index in [9.17, 15) is 22.8 Å². The lowest BCUT2D eigenvalue weighted by Gasteiger charge is -2.14. The first-order valence-corrected chi connectivity index (χ1v) is 7.64. The van der Waals surface area contributed by atoms with Crippen LogP contribution in [-0.4, -0.2) is 31.4 Å². The molecule has 136 valence electrons. The van der Waals surface area contributed by atoms with Gasteiger partial charge in [0.1, 0.15) is 5.75 Å². The molecule has 26 heavy (non-hydrogen) atoms. The average molecular weight is 365 g/mol. The van der Waals surface area contributed by atoms with Crippen LogP contribution in [0.3, 0.4) is 0 Å². The molecular weight excluding hydrogens is 351 g/mol. The summed E-state index contributed by atoms with van der Waals surface area (Å²) in [6.45, 7) is 1.09. The summed E-state index contributed by atoms with van der Waals surface area (Å²) in [5, 5.41) is 5.18. The van der Waals surface area contributed by atoms with E-state index in [1.165, 1.54) is 24.3 Å². The standard InChI is InChI=1S/C17H14F3N3O3/c18-17(19,20)26-14-3-1-2-12(10-14)22-15(24)11-4-6-13(7-5-11)23-9-8-21-16(23)25/h1-7,10H,8-9H2,(H,21,25)(H,22,24). The van der Waals surface area contributed by atoms with Crippen LogP contribution in [0.25, 0.3) is 0 Å². The number of halogens is 3. The van der Waals surface area contributed by atoms with Gasteiger partial charge in [0.05, 0.1) is 0 Å². The third-order valence-corrected chi connectivity index (χ3v) is 3.62. The zero-order valence-corrected chi connectivity index (χ0v) is 13.3. The van der Waals surface area contributed by atoms with E-state index >= 15 is 0 Å². The maximum absolute atomic E-state index is 12.3. The van der Waals surface area contributed by atoms with E-state index in [-0.39, 0.29) is 11.7 Å². The van der Waals surface area contributed by atoms with Crippen molar-refractivity contribution < 1.29 is 27.5 Å². The van der Waals surface area contributed by atoms with Crippen LogP contribution in [0.2, 0.25) is 0 Å². The van der Waals surface area contributed by atoms with Gasteiger partial charge in [-0.1, -0.05) is 6.07 Å². The molecule has 1 fully saturated rings. The molecule has 3 rings (SSSR count). The number of carbonyl (C=O) groups is 2. The molecule has 0 bridgehead atoms. The van der Waals surface area contributed by atoms with Gasteiger partial charge in [0.2, 0.25) is 0 Å². The summed E-state index contributed by atoms with van der Waals surface area (Å²) in [5.41, 5.74) is 1.12. The van der Waals surface area contributed by atoms with Crippen LogP contribution in [-0.2, 0) is 0 Å². The number of urea groups is 1. The van der Waals surface area contributed by atoms with E-state index in [1.54, 1.807) is 17.0 Å². The number of amides is 3. The highest BCUT2D eigenvalue weighted by atomic mass is 19.4. The number of hydrogen-bond donors (Lipinski definition) is 2. The molecule has 0 aromatic heterocycles. The molecule has 6 nitrogen and oxygen atoms in total. The largest absolute Gasteiger partial charge is 0.573 e. The fraction of sp³-hybridized carbons (Fsp3) is 0.176. The van der Waals surface area contributed by atoms with Crippen molar-refractivity contribution in [1.82, 2.24) is 5.32 Å². The Labute approximate surface area is 146 Å². The van der Waals surface area contributed by atoms with Crippen LogP contribution in [0.1, 0.15) is 10.4 Å². The fourth-order valence-corrected chi connectivity index (χ4v) is 2.48. The summed E-state index contributed by atoms with van der Waals surface area (Å²) in [6.07, 6.45) is -4.81. The van der Waals surface area contributed by atoms with Gasteiger partial charge in [-0.15, -0.1) is 13.2 Å². The molecular formula is C17H14F3N3O3. The van der Waals surface area contributed by atoms with Crippen LogP contribution in [0.15, 0.2) is 48.5 Å². The summed E-state index contributed by atoms with van der Waals surface area (Å²) in [5.74, 6) is -0.919. The van der Waals surface area contributed by atoms with E-state index in [0.717, 1.165) is 12.1 Å². The molecule has 9 heteroatoms. The number of carbonyl (C=O) groups excluding carboxylic acids is 2. The third-order valence-electron chi connectivity index (χ3n) is 3.62. The Kier molecular flexibility index (Phi) is 4.70. The molecule has 1 aliphatic heterocycles. The Hall–Kier alpha value is -3.23. The number of nitrogens with one attached hydrogen (secondary N) is 2. The maximum Gasteiger partial charge on any atom is 0.573 e. The molecule has 1 saturated heterocycles. The summed E-state index contributed by atoms with van der Waals surface area (Å²) in [7, 11) is 0. The zero-order chi connectivity index (χ0) is 18.7. The second kappa shape index (κ2) is 6.95. The zero-order valence-electron chi connectivity index (χ0n) is 13.3. The lowest BCUT2D eigenvalue weighted by molar-refractivity contribution is -0.274. The van der Waals surface area contributed by atoms with Gasteiger partial charge in [-0.3, -0.25) is 9.69 Å². The van der Waals surface area contributed by atoms with Gasteiger partial charge in [0.15, 0.2) is 0 Å². The predicted octanol–water partition coefficient (Wildman–Crippen LogP) is 3.37. The van der Waals surface area contributed by atoms with Gasteiger partial charge in [0.25, 0.3) is 5.91 Å².